The molecule has 0 aliphatic heterocycles. The van der Waals surface area contributed by atoms with E-state index in [0.29, 0.717) is 12.1 Å². The Morgan fingerprint density at radius 2 is 2.12 bits per heavy atom. The number of nitrogens with one attached hydrogen (secondary N) is 2. The van der Waals surface area contributed by atoms with E-state index in [2.05, 4.69) is 56.3 Å². The van der Waals surface area contributed by atoms with Crippen molar-refractivity contribution in [2.45, 2.75) is 45.2 Å². The van der Waals surface area contributed by atoms with E-state index in [1.807, 2.05) is 25.5 Å². The van der Waals surface area contributed by atoms with Crippen molar-refractivity contribution >= 4 is 0 Å². The SMILES string of the molecule is Cc1nccn1-c1ccc(C(C)NC2CCc3[nH]ncc3C2)cc1. The minimum atomic E-state index is 0.335. The zero-order valence-electron chi connectivity index (χ0n) is 14.2. The molecule has 3 aromatic rings. The monoisotopic (exact) mass is 321 g/mol. The normalized spacial score (nSPS) is 18.3. The number of H-pyrrole nitrogens is 1. The largest absolute Gasteiger partial charge is 0.307 e. The molecule has 24 heavy (non-hydrogen) atoms. The van der Waals surface area contributed by atoms with Gasteiger partial charge >= 0.3 is 0 Å². The lowest BCUT2D eigenvalue weighted by atomic mass is 9.92. The summed E-state index contributed by atoms with van der Waals surface area (Å²) in [4.78, 5) is 4.28. The van der Waals surface area contributed by atoms with Gasteiger partial charge in [0.15, 0.2) is 0 Å². The first-order chi connectivity index (χ1) is 11.7. The van der Waals surface area contributed by atoms with Gasteiger partial charge in [-0.2, -0.15) is 5.10 Å². The molecule has 5 nitrogen and oxygen atoms in total. The molecule has 0 spiro atoms. The van der Waals surface area contributed by atoms with Crippen molar-refractivity contribution in [3.63, 3.8) is 0 Å². The number of aromatic nitrogens is 4. The Labute approximate surface area is 142 Å². The van der Waals surface area contributed by atoms with Crippen molar-refractivity contribution in [1.82, 2.24) is 25.1 Å². The number of aryl methyl sites for hydroxylation is 2. The molecular weight excluding hydrogens is 298 g/mol. The van der Waals surface area contributed by atoms with Crippen molar-refractivity contribution in [1.29, 1.82) is 0 Å². The van der Waals surface area contributed by atoms with E-state index < -0.39 is 0 Å². The molecular formula is C19H23N5. The second kappa shape index (κ2) is 6.24. The second-order valence-corrected chi connectivity index (χ2v) is 6.64. The fourth-order valence-electron chi connectivity index (χ4n) is 3.58. The smallest absolute Gasteiger partial charge is 0.110 e. The van der Waals surface area contributed by atoms with Gasteiger partial charge in [-0.3, -0.25) is 5.10 Å². The standard InChI is InChI=1S/C19H23N5/c1-13(22-17-5-8-19-16(11-17)12-21-23-19)15-3-6-18(7-4-15)24-10-9-20-14(24)2/h3-4,6-7,9-10,12-13,17,22H,5,8,11H2,1-2H3,(H,21,23). The van der Waals surface area contributed by atoms with Crippen molar-refractivity contribution in [2.75, 3.05) is 0 Å². The fraction of sp³-hybridized carbons (Fsp3) is 0.368. The highest BCUT2D eigenvalue weighted by Crippen LogP contribution is 2.22. The lowest BCUT2D eigenvalue weighted by Gasteiger charge is -2.27. The molecule has 0 fully saturated rings. The maximum atomic E-state index is 4.28. The van der Waals surface area contributed by atoms with Crippen LogP contribution in [0.4, 0.5) is 0 Å². The number of hydrogen-bond donors (Lipinski definition) is 2. The molecule has 0 saturated heterocycles. The van der Waals surface area contributed by atoms with Crippen LogP contribution in [0.15, 0.2) is 42.9 Å². The molecule has 2 heterocycles. The van der Waals surface area contributed by atoms with Crippen LogP contribution >= 0.6 is 0 Å². The van der Waals surface area contributed by atoms with Crippen LogP contribution in [0, 0.1) is 6.92 Å². The summed E-state index contributed by atoms with van der Waals surface area (Å²) in [6.45, 7) is 4.26. The van der Waals surface area contributed by atoms with Crippen LogP contribution in [0.25, 0.3) is 5.69 Å². The van der Waals surface area contributed by atoms with E-state index in [9.17, 15) is 0 Å². The van der Waals surface area contributed by atoms with Crippen molar-refractivity contribution < 1.29 is 0 Å². The molecule has 4 rings (SSSR count). The van der Waals surface area contributed by atoms with Crippen molar-refractivity contribution in [3.05, 3.63) is 65.5 Å². The van der Waals surface area contributed by atoms with Crippen LogP contribution in [0.5, 0.6) is 0 Å². The van der Waals surface area contributed by atoms with Gasteiger partial charge in [0.05, 0.1) is 6.20 Å². The summed E-state index contributed by atoms with van der Waals surface area (Å²) in [6.07, 6.45) is 9.10. The quantitative estimate of drug-likeness (QED) is 0.776. The van der Waals surface area contributed by atoms with E-state index in [1.54, 1.807) is 0 Å². The molecule has 2 atom stereocenters. The first kappa shape index (κ1) is 15.1. The molecule has 124 valence electrons. The number of nitrogens with zero attached hydrogens (tertiary/aromatic N) is 3. The average molecular weight is 321 g/mol. The summed E-state index contributed by atoms with van der Waals surface area (Å²) in [5.41, 5.74) is 5.13. The Bertz CT molecular complexity index is 814. The van der Waals surface area contributed by atoms with E-state index >= 15 is 0 Å². The minimum Gasteiger partial charge on any atom is -0.307 e. The zero-order chi connectivity index (χ0) is 16.5. The van der Waals surface area contributed by atoms with Gasteiger partial charge in [-0.25, -0.2) is 4.98 Å². The van der Waals surface area contributed by atoms with Crippen LogP contribution in [0.2, 0.25) is 0 Å². The Hall–Kier alpha value is -2.40. The third-order valence-corrected chi connectivity index (χ3v) is 5.00. The van der Waals surface area contributed by atoms with Crippen LogP contribution < -0.4 is 5.32 Å². The maximum absolute atomic E-state index is 4.28. The van der Waals surface area contributed by atoms with E-state index in [1.165, 1.54) is 16.8 Å². The number of imidazole rings is 1. The predicted molar refractivity (Wildman–Crippen MR) is 94.3 cm³/mol. The molecule has 1 aliphatic carbocycles. The molecule has 1 aromatic carbocycles. The molecule has 0 saturated carbocycles. The summed E-state index contributed by atoms with van der Waals surface area (Å²) in [5, 5.41) is 11.0. The highest BCUT2D eigenvalue weighted by atomic mass is 15.1. The predicted octanol–water partition coefficient (Wildman–Crippen LogP) is 3.11. The van der Waals surface area contributed by atoms with Gasteiger partial charge < -0.3 is 9.88 Å². The zero-order valence-corrected chi connectivity index (χ0v) is 14.2. The van der Waals surface area contributed by atoms with Gasteiger partial charge in [-0.05, 0) is 56.4 Å². The van der Waals surface area contributed by atoms with Crippen LogP contribution in [0.1, 0.15) is 42.0 Å². The number of hydrogen-bond acceptors (Lipinski definition) is 3. The molecule has 0 amide bonds. The van der Waals surface area contributed by atoms with Gasteiger partial charge in [0, 0.05) is 35.9 Å². The van der Waals surface area contributed by atoms with Crippen molar-refractivity contribution in [3.8, 4) is 5.69 Å². The first-order valence-electron chi connectivity index (χ1n) is 8.58. The number of rotatable bonds is 4. The van der Waals surface area contributed by atoms with Gasteiger partial charge in [-0.1, -0.05) is 12.1 Å². The number of fused-ring (bicyclic) bond motifs is 1. The fourth-order valence-corrected chi connectivity index (χ4v) is 3.58. The third-order valence-electron chi connectivity index (χ3n) is 5.00. The Morgan fingerprint density at radius 3 is 2.88 bits per heavy atom. The molecule has 5 heteroatoms. The Morgan fingerprint density at radius 1 is 1.29 bits per heavy atom. The van der Waals surface area contributed by atoms with Gasteiger partial charge in [0.2, 0.25) is 0 Å². The maximum Gasteiger partial charge on any atom is 0.110 e. The van der Waals surface area contributed by atoms with Crippen LogP contribution in [-0.2, 0) is 12.8 Å². The topological polar surface area (TPSA) is 58.5 Å². The van der Waals surface area contributed by atoms with Gasteiger partial charge in [0.25, 0.3) is 0 Å². The highest BCUT2D eigenvalue weighted by Gasteiger charge is 2.21. The molecule has 0 bridgehead atoms. The highest BCUT2D eigenvalue weighted by molar-refractivity contribution is 5.36. The lowest BCUT2D eigenvalue weighted by molar-refractivity contribution is 0.412. The van der Waals surface area contributed by atoms with E-state index in [0.717, 1.165) is 30.8 Å². The number of aromatic amines is 1. The Kier molecular flexibility index (Phi) is 3.94. The molecule has 0 radical (unpaired) electrons. The van der Waals surface area contributed by atoms with Crippen LogP contribution in [0.3, 0.4) is 0 Å². The third kappa shape index (κ3) is 2.87. The number of benzene rings is 1. The van der Waals surface area contributed by atoms with Crippen molar-refractivity contribution in [2.24, 2.45) is 0 Å². The summed E-state index contributed by atoms with van der Waals surface area (Å²) in [6, 6.07) is 9.59. The average Bonchev–Trinajstić information content (AvgIpc) is 3.23. The molecule has 2 N–H and O–H groups in total. The van der Waals surface area contributed by atoms with E-state index in [4.69, 9.17) is 0 Å². The summed E-state index contributed by atoms with van der Waals surface area (Å²) < 4.78 is 2.10. The minimum absolute atomic E-state index is 0.335. The summed E-state index contributed by atoms with van der Waals surface area (Å²) >= 11 is 0. The first-order valence-corrected chi connectivity index (χ1v) is 8.58. The van der Waals surface area contributed by atoms with Gasteiger partial charge in [-0.15, -0.1) is 0 Å². The van der Waals surface area contributed by atoms with E-state index in [-0.39, 0.29) is 0 Å². The second-order valence-electron chi connectivity index (χ2n) is 6.64. The molecule has 1 aliphatic rings. The molecule has 2 unspecified atom stereocenters. The Balaban J connectivity index is 1.43. The summed E-state index contributed by atoms with van der Waals surface area (Å²) in [7, 11) is 0. The molecule has 2 aromatic heterocycles. The lowest BCUT2D eigenvalue weighted by Crippen LogP contribution is -2.36. The van der Waals surface area contributed by atoms with Crippen LogP contribution in [-0.4, -0.2) is 25.8 Å². The van der Waals surface area contributed by atoms with Gasteiger partial charge in [0.1, 0.15) is 5.82 Å². The summed E-state index contributed by atoms with van der Waals surface area (Å²) in [5.74, 6) is 1.01.